The lowest BCUT2D eigenvalue weighted by Crippen LogP contribution is -2.39. The molecule has 0 bridgehead atoms. The zero-order chi connectivity index (χ0) is 12.0. The molecule has 0 radical (unpaired) electrons. The molecule has 0 aromatic heterocycles. The van der Waals surface area contributed by atoms with Gasteiger partial charge in [0, 0.05) is 11.0 Å². The fourth-order valence-corrected chi connectivity index (χ4v) is 1.67. The Morgan fingerprint density at radius 1 is 1.56 bits per heavy atom. The third-order valence-corrected chi connectivity index (χ3v) is 2.94. The minimum atomic E-state index is -0.514. The molecule has 0 saturated heterocycles. The van der Waals surface area contributed by atoms with E-state index in [9.17, 15) is 4.79 Å². The van der Waals surface area contributed by atoms with Gasteiger partial charge in [-0.25, -0.2) is 0 Å². The third-order valence-electron chi connectivity index (χ3n) is 2.17. The number of benzene rings is 1. The first kappa shape index (κ1) is 12.9. The van der Waals surface area contributed by atoms with Crippen molar-refractivity contribution in [2.45, 2.75) is 19.0 Å². The number of halogens is 1. The molecule has 1 unspecified atom stereocenters. The highest BCUT2D eigenvalue weighted by Gasteiger charge is 2.11. The molecule has 0 fully saturated rings. The molecule has 4 heteroatoms. The molecule has 1 atom stereocenters. The van der Waals surface area contributed by atoms with Gasteiger partial charge in [-0.05, 0) is 18.1 Å². The molecule has 1 rings (SSSR count). The van der Waals surface area contributed by atoms with Crippen molar-refractivity contribution in [2.24, 2.45) is 5.73 Å². The quantitative estimate of drug-likeness (QED) is 0.812. The van der Waals surface area contributed by atoms with Gasteiger partial charge in [0.2, 0.25) is 5.91 Å². The molecule has 0 aliphatic carbocycles. The number of carbonyl (C=O) groups excluding carboxylic acids is 1. The van der Waals surface area contributed by atoms with E-state index >= 15 is 0 Å². The van der Waals surface area contributed by atoms with Crippen molar-refractivity contribution in [1.82, 2.24) is 5.32 Å². The molecular formula is C12H15BrN2O. The number of rotatable bonds is 5. The fraction of sp³-hybridized carbons (Fsp3) is 0.250. The number of hydrogen-bond donors (Lipinski definition) is 2. The molecule has 0 aliphatic heterocycles. The summed E-state index contributed by atoms with van der Waals surface area (Å²) in [7, 11) is 0. The first-order valence-electron chi connectivity index (χ1n) is 5.02. The molecule has 3 N–H and O–H groups in total. The van der Waals surface area contributed by atoms with E-state index < -0.39 is 6.04 Å². The summed E-state index contributed by atoms with van der Waals surface area (Å²) in [6.07, 6.45) is 2.13. The number of hydrogen-bond acceptors (Lipinski definition) is 2. The van der Waals surface area contributed by atoms with Gasteiger partial charge in [-0.3, -0.25) is 4.79 Å². The van der Waals surface area contributed by atoms with Gasteiger partial charge in [0.15, 0.2) is 0 Å². The molecule has 0 heterocycles. The molecule has 1 amide bonds. The van der Waals surface area contributed by atoms with E-state index in [-0.39, 0.29) is 5.91 Å². The molecule has 16 heavy (non-hydrogen) atoms. The number of nitrogens with one attached hydrogen (secondary N) is 1. The maximum absolute atomic E-state index is 11.5. The molecule has 0 saturated carbocycles. The van der Waals surface area contributed by atoms with Crippen LogP contribution >= 0.6 is 15.9 Å². The molecule has 1 aromatic rings. The smallest absolute Gasteiger partial charge is 0.237 e. The van der Waals surface area contributed by atoms with E-state index in [1.165, 1.54) is 0 Å². The van der Waals surface area contributed by atoms with Crippen molar-refractivity contribution in [1.29, 1.82) is 0 Å². The highest BCUT2D eigenvalue weighted by molar-refractivity contribution is 9.10. The Morgan fingerprint density at radius 2 is 2.25 bits per heavy atom. The highest BCUT2D eigenvalue weighted by Crippen LogP contribution is 2.15. The van der Waals surface area contributed by atoms with Crippen LogP contribution in [0.2, 0.25) is 0 Å². The van der Waals surface area contributed by atoms with Crippen molar-refractivity contribution >= 4 is 21.8 Å². The second-order valence-corrected chi connectivity index (χ2v) is 4.29. The number of carbonyl (C=O) groups is 1. The van der Waals surface area contributed by atoms with Gasteiger partial charge in [-0.1, -0.05) is 40.2 Å². The second-order valence-electron chi connectivity index (χ2n) is 3.44. The Kier molecular flexibility index (Phi) is 5.22. The lowest BCUT2D eigenvalue weighted by molar-refractivity contribution is -0.122. The molecule has 86 valence electrons. The van der Waals surface area contributed by atoms with Crippen molar-refractivity contribution in [3.05, 3.63) is 47.0 Å². The number of nitrogens with two attached hydrogens (primary N) is 1. The van der Waals surface area contributed by atoms with E-state index in [0.717, 1.165) is 10.0 Å². The fourth-order valence-electron chi connectivity index (χ4n) is 1.24. The Labute approximate surface area is 104 Å². The zero-order valence-corrected chi connectivity index (χ0v) is 10.5. The Bertz CT molecular complexity index is 379. The standard InChI is InChI=1S/C12H15BrN2O/c1-2-5-11(14)12(16)15-8-9-6-3-4-7-10(9)13/h2-4,6-7,11H,1,5,8,14H2,(H,15,16). The highest BCUT2D eigenvalue weighted by atomic mass is 79.9. The van der Waals surface area contributed by atoms with Crippen LogP contribution < -0.4 is 11.1 Å². The van der Waals surface area contributed by atoms with E-state index in [0.29, 0.717) is 13.0 Å². The van der Waals surface area contributed by atoms with Crippen LogP contribution in [-0.2, 0) is 11.3 Å². The summed E-state index contributed by atoms with van der Waals surface area (Å²) in [5, 5.41) is 2.78. The lowest BCUT2D eigenvalue weighted by atomic mass is 10.2. The van der Waals surface area contributed by atoms with Crippen molar-refractivity contribution in [3.8, 4) is 0 Å². The number of amides is 1. The van der Waals surface area contributed by atoms with Gasteiger partial charge in [-0.15, -0.1) is 6.58 Å². The minimum absolute atomic E-state index is 0.157. The third kappa shape index (κ3) is 3.79. The first-order valence-corrected chi connectivity index (χ1v) is 5.82. The van der Waals surface area contributed by atoms with Crippen molar-refractivity contribution < 1.29 is 4.79 Å². The van der Waals surface area contributed by atoms with Crippen LogP contribution in [0, 0.1) is 0 Å². The summed E-state index contributed by atoms with van der Waals surface area (Å²) in [5.41, 5.74) is 6.66. The second kappa shape index (κ2) is 6.45. The first-order chi connectivity index (χ1) is 7.65. The van der Waals surface area contributed by atoms with Gasteiger partial charge in [-0.2, -0.15) is 0 Å². The summed E-state index contributed by atoms with van der Waals surface area (Å²) >= 11 is 3.42. The van der Waals surface area contributed by atoms with Crippen molar-refractivity contribution in [2.75, 3.05) is 0 Å². The SMILES string of the molecule is C=CCC(N)C(=O)NCc1ccccc1Br. The van der Waals surface area contributed by atoms with Crippen molar-refractivity contribution in [3.63, 3.8) is 0 Å². The van der Waals surface area contributed by atoms with Gasteiger partial charge in [0.1, 0.15) is 0 Å². The van der Waals surface area contributed by atoms with E-state index in [4.69, 9.17) is 5.73 Å². The minimum Gasteiger partial charge on any atom is -0.351 e. The van der Waals surface area contributed by atoms with Crippen LogP contribution in [0.25, 0.3) is 0 Å². The van der Waals surface area contributed by atoms with Crippen LogP contribution in [0.4, 0.5) is 0 Å². The predicted octanol–water partition coefficient (Wildman–Crippen LogP) is 1.97. The van der Waals surface area contributed by atoms with Gasteiger partial charge < -0.3 is 11.1 Å². The van der Waals surface area contributed by atoms with Crippen LogP contribution in [0.15, 0.2) is 41.4 Å². The van der Waals surface area contributed by atoms with Crippen LogP contribution in [0.5, 0.6) is 0 Å². The molecule has 1 aromatic carbocycles. The van der Waals surface area contributed by atoms with E-state index in [1.54, 1.807) is 6.08 Å². The molecule has 0 spiro atoms. The predicted molar refractivity (Wildman–Crippen MR) is 68.8 cm³/mol. The van der Waals surface area contributed by atoms with E-state index in [2.05, 4.69) is 27.8 Å². The van der Waals surface area contributed by atoms with Crippen LogP contribution in [0.1, 0.15) is 12.0 Å². The largest absolute Gasteiger partial charge is 0.351 e. The maximum Gasteiger partial charge on any atom is 0.237 e. The average molecular weight is 283 g/mol. The lowest BCUT2D eigenvalue weighted by Gasteiger charge is -2.11. The summed E-state index contributed by atoms with van der Waals surface area (Å²) < 4.78 is 0.979. The Hall–Kier alpha value is -1.13. The summed E-state index contributed by atoms with van der Waals surface area (Å²) in [4.78, 5) is 11.5. The summed E-state index contributed by atoms with van der Waals surface area (Å²) in [6, 6.07) is 7.23. The van der Waals surface area contributed by atoms with Gasteiger partial charge in [0.05, 0.1) is 6.04 Å². The van der Waals surface area contributed by atoms with Crippen LogP contribution in [0.3, 0.4) is 0 Å². The maximum atomic E-state index is 11.5. The van der Waals surface area contributed by atoms with Gasteiger partial charge in [0.25, 0.3) is 0 Å². The summed E-state index contributed by atoms with van der Waals surface area (Å²) in [6.45, 7) is 4.03. The molecule has 3 nitrogen and oxygen atoms in total. The Balaban J connectivity index is 2.49. The van der Waals surface area contributed by atoms with E-state index in [1.807, 2.05) is 24.3 Å². The normalized spacial score (nSPS) is 11.9. The molecular weight excluding hydrogens is 268 g/mol. The topological polar surface area (TPSA) is 55.1 Å². The Morgan fingerprint density at radius 3 is 2.88 bits per heavy atom. The van der Waals surface area contributed by atoms with Crippen LogP contribution in [-0.4, -0.2) is 11.9 Å². The zero-order valence-electron chi connectivity index (χ0n) is 8.95. The van der Waals surface area contributed by atoms with Gasteiger partial charge >= 0.3 is 0 Å². The average Bonchev–Trinajstić information content (AvgIpc) is 2.28. The molecule has 0 aliphatic rings. The monoisotopic (exact) mass is 282 g/mol. The summed E-state index contributed by atoms with van der Waals surface area (Å²) in [5.74, 6) is -0.157.